The topological polar surface area (TPSA) is 30.0 Å². The fourth-order valence-electron chi connectivity index (χ4n) is 0.854. The van der Waals surface area contributed by atoms with E-state index in [4.69, 9.17) is 0 Å². The molecule has 1 aromatic rings. The first kappa shape index (κ1) is 8.84. The van der Waals surface area contributed by atoms with Crippen LogP contribution < -0.4 is 0 Å². The smallest absolute Gasteiger partial charge is 0.215 e. The second-order valence-electron chi connectivity index (χ2n) is 2.46. The highest BCUT2D eigenvalue weighted by molar-refractivity contribution is 5.97. The monoisotopic (exact) mass is 167 g/mol. The van der Waals surface area contributed by atoms with Gasteiger partial charge >= 0.3 is 0 Å². The molecule has 1 aromatic heterocycles. The zero-order valence-electron chi connectivity index (χ0n) is 6.83. The number of nitrogens with zero attached hydrogens (tertiary/aromatic N) is 1. The van der Waals surface area contributed by atoms with Crippen LogP contribution in [-0.4, -0.2) is 16.9 Å². The predicted molar refractivity (Wildman–Crippen MR) is 43.8 cm³/mol. The molecule has 0 saturated carbocycles. The van der Waals surface area contributed by atoms with Gasteiger partial charge in [0.2, 0.25) is 5.78 Å². The third-order valence-electron chi connectivity index (χ3n) is 1.56. The van der Waals surface area contributed by atoms with Crippen molar-refractivity contribution in [2.24, 2.45) is 0 Å². The van der Waals surface area contributed by atoms with Gasteiger partial charge in [-0.05, 0) is 18.6 Å². The van der Waals surface area contributed by atoms with E-state index in [0.29, 0.717) is 0 Å². The number of alkyl halides is 1. The number of pyridine rings is 1. The van der Waals surface area contributed by atoms with Crippen molar-refractivity contribution in [3.05, 3.63) is 30.1 Å². The molecule has 0 aliphatic heterocycles. The van der Waals surface area contributed by atoms with Crippen LogP contribution in [0, 0.1) is 0 Å². The molecule has 0 amide bonds. The minimum Gasteiger partial charge on any atom is -0.289 e. The minimum atomic E-state index is -1.42. The molecule has 0 saturated heterocycles. The number of rotatable bonds is 3. The van der Waals surface area contributed by atoms with Gasteiger partial charge in [0.05, 0.1) is 0 Å². The van der Waals surface area contributed by atoms with Gasteiger partial charge in [0.15, 0.2) is 6.17 Å². The summed E-state index contributed by atoms with van der Waals surface area (Å²) in [6.07, 6.45) is 0.269. The predicted octanol–water partition coefficient (Wildman–Crippen LogP) is 2.01. The van der Waals surface area contributed by atoms with Crippen molar-refractivity contribution in [2.45, 2.75) is 19.5 Å². The Morgan fingerprint density at radius 2 is 2.42 bits per heavy atom. The van der Waals surface area contributed by atoms with E-state index in [1.165, 1.54) is 12.3 Å². The molecule has 1 heterocycles. The summed E-state index contributed by atoms with van der Waals surface area (Å²) < 4.78 is 12.8. The van der Waals surface area contributed by atoms with Crippen LogP contribution in [0.4, 0.5) is 4.39 Å². The van der Waals surface area contributed by atoms with Gasteiger partial charge in [-0.1, -0.05) is 13.0 Å². The summed E-state index contributed by atoms with van der Waals surface area (Å²) in [5.74, 6) is -0.530. The maximum Gasteiger partial charge on any atom is 0.215 e. The highest BCUT2D eigenvalue weighted by atomic mass is 19.1. The van der Waals surface area contributed by atoms with Gasteiger partial charge in [0.1, 0.15) is 5.69 Å². The lowest BCUT2D eigenvalue weighted by Crippen LogP contribution is -2.15. The largest absolute Gasteiger partial charge is 0.289 e. The quantitative estimate of drug-likeness (QED) is 0.644. The highest BCUT2D eigenvalue weighted by Gasteiger charge is 2.17. The first-order valence-electron chi connectivity index (χ1n) is 3.85. The van der Waals surface area contributed by atoms with Crippen molar-refractivity contribution in [3.63, 3.8) is 0 Å². The summed E-state index contributed by atoms with van der Waals surface area (Å²) in [7, 11) is 0. The molecule has 0 N–H and O–H groups in total. The number of ketones is 1. The van der Waals surface area contributed by atoms with Crippen molar-refractivity contribution in [1.82, 2.24) is 4.98 Å². The Hall–Kier alpha value is -1.25. The summed E-state index contributed by atoms with van der Waals surface area (Å²) in [6, 6.07) is 4.88. The van der Waals surface area contributed by atoms with Crippen LogP contribution in [0.1, 0.15) is 23.8 Å². The van der Waals surface area contributed by atoms with Crippen molar-refractivity contribution < 1.29 is 9.18 Å². The maximum atomic E-state index is 12.8. The first-order chi connectivity index (χ1) is 5.75. The average molecular weight is 167 g/mol. The molecule has 0 aliphatic rings. The fraction of sp³-hybridized carbons (Fsp3) is 0.333. The lowest BCUT2D eigenvalue weighted by atomic mass is 10.1. The SMILES string of the molecule is CC[C@@H](F)C(=O)c1ccccn1. The van der Waals surface area contributed by atoms with E-state index in [0.717, 1.165) is 0 Å². The summed E-state index contributed by atoms with van der Waals surface area (Å²) in [6.45, 7) is 1.63. The number of Topliss-reactive ketones (excluding diaryl/α,β-unsaturated/α-hetero) is 1. The molecule has 0 spiro atoms. The molecule has 0 aromatic carbocycles. The summed E-state index contributed by atoms with van der Waals surface area (Å²) in [5, 5.41) is 0. The Bertz CT molecular complexity index is 260. The molecular weight excluding hydrogens is 157 g/mol. The summed E-state index contributed by atoms with van der Waals surface area (Å²) >= 11 is 0. The second kappa shape index (κ2) is 3.95. The van der Waals surface area contributed by atoms with Crippen LogP contribution in [0.25, 0.3) is 0 Å². The average Bonchev–Trinajstić information content (AvgIpc) is 2.17. The number of carbonyl (C=O) groups excluding carboxylic acids is 1. The van der Waals surface area contributed by atoms with E-state index in [1.54, 1.807) is 19.1 Å². The molecule has 1 rings (SSSR count). The standard InChI is InChI=1S/C9H10FNO/c1-2-7(10)9(12)8-5-3-4-6-11-8/h3-7H,2H2,1H3/t7-/m1/s1. The van der Waals surface area contributed by atoms with E-state index < -0.39 is 12.0 Å². The summed E-state index contributed by atoms with van der Waals surface area (Å²) in [5.41, 5.74) is 0.201. The third kappa shape index (κ3) is 1.87. The van der Waals surface area contributed by atoms with Crippen LogP contribution in [0.15, 0.2) is 24.4 Å². The van der Waals surface area contributed by atoms with Crippen molar-refractivity contribution >= 4 is 5.78 Å². The van der Waals surface area contributed by atoms with Crippen molar-refractivity contribution in [2.75, 3.05) is 0 Å². The molecule has 3 heteroatoms. The highest BCUT2D eigenvalue weighted by Crippen LogP contribution is 2.05. The molecule has 12 heavy (non-hydrogen) atoms. The lowest BCUT2D eigenvalue weighted by molar-refractivity contribution is 0.0869. The molecular formula is C9H10FNO. The van der Waals surface area contributed by atoms with E-state index in [2.05, 4.69) is 4.98 Å². The number of hydrogen-bond donors (Lipinski definition) is 0. The lowest BCUT2D eigenvalue weighted by Gasteiger charge is -2.01. The zero-order valence-corrected chi connectivity index (χ0v) is 6.83. The van der Waals surface area contributed by atoms with E-state index >= 15 is 0 Å². The van der Waals surface area contributed by atoms with Gasteiger partial charge < -0.3 is 0 Å². The van der Waals surface area contributed by atoms with Crippen molar-refractivity contribution in [3.8, 4) is 0 Å². The Kier molecular flexibility index (Phi) is 2.91. The van der Waals surface area contributed by atoms with Crippen LogP contribution in [0.2, 0.25) is 0 Å². The number of aromatic nitrogens is 1. The maximum absolute atomic E-state index is 12.8. The van der Waals surface area contributed by atoms with Crippen LogP contribution in [0.3, 0.4) is 0 Å². The van der Waals surface area contributed by atoms with Gasteiger partial charge in [-0.15, -0.1) is 0 Å². The van der Waals surface area contributed by atoms with Crippen LogP contribution in [-0.2, 0) is 0 Å². The normalized spacial score (nSPS) is 12.5. The van der Waals surface area contributed by atoms with Crippen molar-refractivity contribution in [1.29, 1.82) is 0 Å². The summed E-state index contributed by atoms with van der Waals surface area (Å²) in [4.78, 5) is 14.9. The first-order valence-corrected chi connectivity index (χ1v) is 3.85. The second-order valence-corrected chi connectivity index (χ2v) is 2.46. The van der Waals surface area contributed by atoms with Crippen LogP contribution >= 0.6 is 0 Å². The molecule has 0 radical (unpaired) electrons. The Morgan fingerprint density at radius 3 is 2.92 bits per heavy atom. The zero-order chi connectivity index (χ0) is 8.97. The Labute approximate surface area is 70.4 Å². The number of halogens is 1. The molecule has 0 bridgehead atoms. The molecule has 1 atom stereocenters. The van der Waals surface area contributed by atoms with Gasteiger partial charge in [0.25, 0.3) is 0 Å². The van der Waals surface area contributed by atoms with E-state index in [1.807, 2.05) is 0 Å². The molecule has 0 aliphatic carbocycles. The van der Waals surface area contributed by atoms with Gasteiger partial charge in [0, 0.05) is 6.20 Å². The van der Waals surface area contributed by atoms with Gasteiger partial charge in [-0.2, -0.15) is 0 Å². The Balaban J connectivity index is 2.79. The van der Waals surface area contributed by atoms with E-state index in [-0.39, 0.29) is 12.1 Å². The number of carbonyl (C=O) groups is 1. The molecule has 0 unspecified atom stereocenters. The van der Waals surface area contributed by atoms with Gasteiger partial charge in [-0.3, -0.25) is 9.78 Å². The number of hydrogen-bond acceptors (Lipinski definition) is 2. The molecule has 64 valence electrons. The molecule has 2 nitrogen and oxygen atoms in total. The van der Waals surface area contributed by atoms with Crippen LogP contribution in [0.5, 0.6) is 0 Å². The van der Waals surface area contributed by atoms with Gasteiger partial charge in [-0.25, -0.2) is 4.39 Å². The van der Waals surface area contributed by atoms with E-state index in [9.17, 15) is 9.18 Å². The fourth-order valence-corrected chi connectivity index (χ4v) is 0.854. The Morgan fingerprint density at radius 1 is 1.67 bits per heavy atom. The third-order valence-corrected chi connectivity index (χ3v) is 1.56. The molecule has 0 fully saturated rings. The minimum absolute atomic E-state index is 0.201.